The van der Waals surface area contributed by atoms with Gasteiger partial charge in [-0.1, -0.05) is 24.3 Å². The van der Waals surface area contributed by atoms with Gasteiger partial charge >= 0.3 is 6.03 Å². The summed E-state index contributed by atoms with van der Waals surface area (Å²) in [5.74, 6) is -0.261. The second-order valence-corrected chi connectivity index (χ2v) is 8.04. The number of hydrogen-bond donors (Lipinski definition) is 2. The molecule has 2 aromatic rings. The maximum atomic E-state index is 13.1. The highest BCUT2D eigenvalue weighted by Crippen LogP contribution is 2.26. The maximum Gasteiger partial charge on any atom is 0.329 e. The number of nitrogens with one attached hydrogen (secondary N) is 2. The van der Waals surface area contributed by atoms with Crippen LogP contribution in [0.5, 0.6) is 5.75 Å². The van der Waals surface area contributed by atoms with E-state index in [0.29, 0.717) is 24.4 Å². The van der Waals surface area contributed by atoms with E-state index in [-0.39, 0.29) is 24.7 Å². The number of ether oxygens (including phenoxy) is 1. The molecule has 2 heterocycles. The summed E-state index contributed by atoms with van der Waals surface area (Å²) in [7, 11) is 3.08. The molecule has 0 saturated carbocycles. The van der Waals surface area contributed by atoms with Crippen LogP contribution in [0, 0.1) is 0 Å². The van der Waals surface area contributed by atoms with Gasteiger partial charge in [0.1, 0.15) is 17.8 Å². The fourth-order valence-electron chi connectivity index (χ4n) is 4.30. The quantitative estimate of drug-likeness (QED) is 0.650. The molecular weight excluding hydrogens is 424 g/mol. The van der Waals surface area contributed by atoms with E-state index < -0.39 is 24.0 Å². The Balaban J connectivity index is 1.43. The largest absolute Gasteiger partial charge is 0.497 e. The molecular formula is C24H26N4O5. The lowest BCUT2D eigenvalue weighted by Crippen LogP contribution is -2.52. The van der Waals surface area contributed by atoms with Crippen molar-refractivity contribution in [3.63, 3.8) is 0 Å². The standard InChI is InChI=1S/C24H26N4O5/c1-25-22(30)20-13-15-5-3-4-6-16(15)14-27(20)21(29)12-11-19-23(31)28(24(32)26-19)17-7-9-18(33-2)10-8-17/h3-10,19-20H,11-14H2,1-2H3,(H,25,30)(H,26,32)/t19-,20+/m0/s1. The molecule has 172 valence electrons. The average Bonchev–Trinajstić information content (AvgIpc) is 3.13. The molecule has 2 N–H and O–H groups in total. The smallest absolute Gasteiger partial charge is 0.329 e. The summed E-state index contributed by atoms with van der Waals surface area (Å²) in [5, 5.41) is 5.29. The Labute approximate surface area is 191 Å². The number of fused-ring (bicyclic) bond motifs is 1. The second-order valence-electron chi connectivity index (χ2n) is 8.04. The summed E-state index contributed by atoms with van der Waals surface area (Å²) in [5.41, 5.74) is 2.48. The van der Waals surface area contributed by atoms with Crippen LogP contribution >= 0.6 is 0 Å². The first-order valence-corrected chi connectivity index (χ1v) is 10.8. The van der Waals surface area contributed by atoms with Crippen molar-refractivity contribution < 1.29 is 23.9 Å². The Morgan fingerprint density at radius 2 is 1.79 bits per heavy atom. The van der Waals surface area contributed by atoms with Gasteiger partial charge in [0.25, 0.3) is 5.91 Å². The number of anilines is 1. The molecule has 2 atom stereocenters. The van der Waals surface area contributed by atoms with Crippen LogP contribution in [0.1, 0.15) is 24.0 Å². The summed E-state index contributed by atoms with van der Waals surface area (Å²) in [6, 6.07) is 12.4. The van der Waals surface area contributed by atoms with Crippen LogP contribution in [0.4, 0.5) is 10.5 Å². The van der Waals surface area contributed by atoms with Crippen molar-refractivity contribution in [3.05, 3.63) is 59.7 Å². The van der Waals surface area contributed by atoms with Gasteiger partial charge in [0.05, 0.1) is 12.8 Å². The zero-order valence-corrected chi connectivity index (χ0v) is 18.5. The lowest BCUT2D eigenvalue weighted by atomic mass is 9.93. The van der Waals surface area contributed by atoms with Crippen LogP contribution in [-0.2, 0) is 27.3 Å². The van der Waals surface area contributed by atoms with E-state index in [1.165, 1.54) is 7.11 Å². The molecule has 0 aliphatic carbocycles. The number of rotatable bonds is 6. The SMILES string of the molecule is CNC(=O)[C@H]1Cc2ccccc2CN1C(=O)CC[C@@H]1NC(=O)N(c2ccc(OC)cc2)C1=O. The highest BCUT2D eigenvalue weighted by Gasteiger charge is 2.40. The number of imide groups is 1. The van der Waals surface area contributed by atoms with Crippen molar-refractivity contribution >= 4 is 29.4 Å². The maximum absolute atomic E-state index is 13.1. The minimum Gasteiger partial charge on any atom is -0.497 e. The van der Waals surface area contributed by atoms with Crippen molar-refractivity contribution in [2.45, 2.75) is 37.9 Å². The van der Waals surface area contributed by atoms with Gasteiger partial charge in [-0.15, -0.1) is 0 Å². The number of methoxy groups -OCH3 is 1. The van der Waals surface area contributed by atoms with Gasteiger partial charge in [0.15, 0.2) is 0 Å². The molecule has 2 aliphatic heterocycles. The molecule has 0 bridgehead atoms. The van der Waals surface area contributed by atoms with E-state index in [0.717, 1.165) is 16.0 Å². The van der Waals surface area contributed by atoms with Crippen molar-refractivity contribution in [1.82, 2.24) is 15.5 Å². The van der Waals surface area contributed by atoms with Crippen molar-refractivity contribution in [3.8, 4) is 5.75 Å². The van der Waals surface area contributed by atoms with Gasteiger partial charge in [-0.2, -0.15) is 0 Å². The molecule has 9 heteroatoms. The van der Waals surface area contributed by atoms with Gasteiger partial charge in [-0.05, 0) is 41.8 Å². The zero-order chi connectivity index (χ0) is 23.5. The molecule has 5 amide bonds. The van der Waals surface area contributed by atoms with Crippen molar-refractivity contribution in [1.29, 1.82) is 0 Å². The fraction of sp³-hybridized carbons (Fsp3) is 0.333. The topological polar surface area (TPSA) is 108 Å². The molecule has 4 rings (SSSR count). The van der Waals surface area contributed by atoms with Crippen LogP contribution in [0.2, 0.25) is 0 Å². The third-order valence-corrected chi connectivity index (χ3v) is 6.11. The summed E-state index contributed by atoms with van der Waals surface area (Å²) in [6.45, 7) is 0.329. The molecule has 0 aromatic heterocycles. The van der Waals surface area contributed by atoms with Crippen LogP contribution < -0.4 is 20.3 Å². The minimum atomic E-state index is -0.806. The Kier molecular flexibility index (Phi) is 6.30. The highest BCUT2D eigenvalue weighted by molar-refractivity contribution is 6.21. The number of benzene rings is 2. The first kappa shape index (κ1) is 22.3. The lowest BCUT2D eigenvalue weighted by Gasteiger charge is -2.36. The van der Waals surface area contributed by atoms with Gasteiger partial charge in [-0.25, -0.2) is 9.69 Å². The normalized spacial score (nSPS) is 19.7. The Bertz CT molecular complexity index is 1080. The third-order valence-electron chi connectivity index (χ3n) is 6.11. The van der Waals surface area contributed by atoms with Crippen LogP contribution in [-0.4, -0.2) is 54.9 Å². The minimum absolute atomic E-state index is 0.0306. The van der Waals surface area contributed by atoms with Crippen molar-refractivity contribution in [2.24, 2.45) is 0 Å². The number of nitrogens with zero attached hydrogens (tertiary/aromatic N) is 2. The van der Waals surface area contributed by atoms with Gasteiger partial charge < -0.3 is 20.3 Å². The highest BCUT2D eigenvalue weighted by atomic mass is 16.5. The first-order valence-electron chi connectivity index (χ1n) is 10.8. The van der Waals surface area contributed by atoms with Gasteiger partial charge in [0, 0.05) is 26.4 Å². The van der Waals surface area contributed by atoms with Crippen molar-refractivity contribution in [2.75, 3.05) is 19.1 Å². The van der Waals surface area contributed by atoms with E-state index in [1.54, 1.807) is 36.2 Å². The molecule has 0 unspecified atom stereocenters. The lowest BCUT2D eigenvalue weighted by molar-refractivity contribution is -0.141. The van der Waals surface area contributed by atoms with E-state index in [2.05, 4.69) is 10.6 Å². The molecule has 1 saturated heterocycles. The first-order chi connectivity index (χ1) is 15.9. The van der Waals surface area contributed by atoms with Gasteiger partial charge in [-0.3, -0.25) is 14.4 Å². The summed E-state index contributed by atoms with van der Waals surface area (Å²) in [4.78, 5) is 53.5. The molecule has 2 aromatic carbocycles. The number of carbonyl (C=O) groups excluding carboxylic acids is 4. The Morgan fingerprint density at radius 3 is 2.45 bits per heavy atom. The van der Waals surface area contributed by atoms with E-state index >= 15 is 0 Å². The van der Waals surface area contributed by atoms with Crippen LogP contribution in [0.3, 0.4) is 0 Å². The number of likely N-dealkylation sites (N-methyl/N-ethyl adjacent to an activating group) is 1. The van der Waals surface area contributed by atoms with E-state index in [9.17, 15) is 19.2 Å². The average molecular weight is 450 g/mol. The molecule has 9 nitrogen and oxygen atoms in total. The van der Waals surface area contributed by atoms with Crippen LogP contribution in [0.15, 0.2) is 48.5 Å². The zero-order valence-electron chi connectivity index (χ0n) is 18.5. The molecule has 1 fully saturated rings. The molecule has 2 aliphatic rings. The Hall–Kier alpha value is -3.88. The fourth-order valence-corrected chi connectivity index (χ4v) is 4.30. The monoisotopic (exact) mass is 450 g/mol. The number of amides is 5. The number of carbonyl (C=O) groups is 4. The Morgan fingerprint density at radius 1 is 1.09 bits per heavy atom. The number of urea groups is 1. The summed E-state index contributed by atoms with van der Waals surface area (Å²) < 4.78 is 5.11. The number of hydrogen-bond acceptors (Lipinski definition) is 5. The molecule has 0 radical (unpaired) electrons. The summed E-state index contributed by atoms with van der Waals surface area (Å²) >= 11 is 0. The van der Waals surface area contributed by atoms with E-state index in [4.69, 9.17) is 4.74 Å². The third kappa shape index (κ3) is 4.39. The van der Waals surface area contributed by atoms with Crippen LogP contribution in [0.25, 0.3) is 0 Å². The second kappa shape index (κ2) is 9.32. The predicted molar refractivity (Wildman–Crippen MR) is 121 cm³/mol. The van der Waals surface area contributed by atoms with E-state index in [1.807, 2.05) is 24.3 Å². The molecule has 0 spiro atoms. The predicted octanol–water partition coefficient (Wildman–Crippen LogP) is 1.60. The molecule has 33 heavy (non-hydrogen) atoms. The summed E-state index contributed by atoms with van der Waals surface area (Å²) in [6.07, 6.45) is 0.614. The van der Waals surface area contributed by atoms with Gasteiger partial charge in [0.2, 0.25) is 11.8 Å².